The summed E-state index contributed by atoms with van der Waals surface area (Å²) in [5.41, 5.74) is 0.821. The number of aromatic nitrogens is 2. The summed E-state index contributed by atoms with van der Waals surface area (Å²) < 4.78 is 21.7. The molecule has 0 saturated heterocycles. The first-order chi connectivity index (χ1) is 7.07. The number of rotatable bonds is 2. The molecule has 0 unspecified atom stereocenters. The van der Waals surface area contributed by atoms with Gasteiger partial charge in [-0.2, -0.15) is 0 Å². The predicted molar refractivity (Wildman–Crippen MR) is 58.4 cm³/mol. The number of halogens is 1. The first-order valence-electron chi connectivity index (χ1n) is 3.91. The lowest BCUT2D eigenvalue weighted by molar-refractivity contribution is 0.607. The fourth-order valence-corrected chi connectivity index (χ4v) is 2.74. The van der Waals surface area contributed by atoms with Crippen molar-refractivity contribution in [3.8, 4) is 10.6 Å². The first-order valence-corrected chi connectivity index (χ1v) is 7.03. The van der Waals surface area contributed by atoms with Crippen molar-refractivity contribution < 1.29 is 8.42 Å². The molecule has 4 nitrogen and oxygen atoms in total. The minimum atomic E-state index is -3.77. The van der Waals surface area contributed by atoms with E-state index in [2.05, 4.69) is 10.2 Å². The van der Waals surface area contributed by atoms with Gasteiger partial charge in [0.1, 0.15) is 5.01 Å². The van der Waals surface area contributed by atoms with Gasteiger partial charge in [-0.05, 0) is 0 Å². The van der Waals surface area contributed by atoms with Gasteiger partial charge in [0.2, 0.25) is 4.34 Å². The molecule has 0 aliphatic carbocycles. The van der Waals surface area contributed by atoms with Crippen molar-refractivity contribution in [2.45, 2.75) is 4.34 Å². The van der Waals surface area contributed by atoms with Gasteiger partial charge in [-0.15, -0.1) is 10.2 Å². The molecule has 0 spiro atoms. The summed E-state index contributed by atoms with van der Waals surface area (Å²) in [6.45, 7) is 0. The third-order valence-corrected chi connectivity index (χ3v) is 4.52. The molecule has 0 aliphatic rings. The normalized spacial score (nSPS) is 11.5. The molecule has 0 amide bonds. The van der Waals surface area contributed by atoms with E-state index in [1.54, 1.807) is 0 Å². The van der Waals surface area contributed by atoms with Crippen LogP contribution in [0.5, 0.6) is 0 Å². The summed E-state index contributed by atoms with van der Waals surface area (Å²) in [4.78, 5) is 0. The first kappa shape index (κ1) is 10.5. The van der Waals surface area contributed by atoms with E-state index in [0.29, 0.717) is 5.01 Å². The Labute approximate surface area is 95.0 Å². The fourth-order valence-electron chi connectivity index (χ4n) is 1.01. The van der Waals surface area contributed by atoms with E-state index in [1.165, 1.54) is 0 Å². The second-order valence-corrected chi connectivity index (χ2v) is 6.39. The maximum absolute atomic E-state index is 11.0. The lowest BCUT2D eigenvalue weighted by atomic mass is 10.2. The van der Waals surface area contributed by atoms with Crippen LogP contribution in [-0.4, -0.2) is 18.6 Å². The van der Waals surface area contributed by atoms with E-state index in [-0.39, 0.29) is 4.34 Å². The smallest absolute Gasteiger partial charge is 0.204 e. The van der Waals surface area contributed by atoms with E-state index >= 15 is 0 Å². The van der Waals surface area contributed by atoms with Crippen molar-refractivity contribution in [2.24, 2.45) is 0 Å². The third kappa shape index (κ3) is 2.34. The summed E-state index contributed by atoms with van der Waals surface area (Å²) >= 11 is 0.951. The summed E-state index contributed by atoms with van der Waals surface area (Å²) in [7, 11) is 1.37. The molecular formula is C8H5ClN2O2S2. The number of hydrogen-bond donors (Lipinski definition) is 0. The molecular weight excluding hydrogens is 256 g/mol. The van der Waals surface area contributed by atoms with Crippen molar-refractivity contribution in [3.05, 3.63) is 30.3 Å². The Kier molecular flexibility index (Phi) is 2.72. The molecule has 0 radical (unpaired) electrons. The monoisotopic (exact) mass is 260 g/mol. The molecule has 1 aromatic heterocycles. The highest BCUT2D eigenvalue weighted by molar-refractivity contribution is 8.15. The standard InChI is InChI=1S/C8H5ClN2O2S2/c9-15(12,13)8-11-10-7(14-8)6-4-2-1-3-5-6/h1-5H. The SMILES string of the molecule is O=S(=O)(Cl)c1nnc(-c2ccccc2)s1. The lowest BCUT2D eigenvalue weighted by Gasteiger charge is -1.91. The van der Waals surface area contributed by atoms with Crippen molar-refractivity contribution in [1.82, 2.24) is 10.2 Å². The zero-order valence-electron chi connectivity index (χ0n) is 7.29. The lowest BCUT2D eigenvalue weighted by Crippen LogP contribution is -1.87. The van der Waals surface area contributed by atoms with Crippen LogP contribution < -0.4 is 0 Å². The molecule has 1 heterocycles. The average molecular weight is 261 g/mol. The molecule has 78 valence electrons. The van der Waals surface area contributed by atoms with Crippen LogP contribution in [0, 0.1) is 0 Å². The number of hydrogen-bond acceptors (Lipinski definition) is 5. The van der Waals surface area contributed by atoms with Gasteiger partial charge in [0.25, 0.3) is 9.05 Å². The minimum Gasteiger partial charge on any atom is -0.204 e. The minimum absolute atomic E-state index is 0.178. The van der Waals surface area contributed by atoms with Crippen LogP contribution in [0.2, 0.25) is 0 Å². The Balaban J connectivity index is 2.46. The van der Waals surface area contributed by atoms with Gasteiger partial charge in [0.15, 0.2) is 0 Å². The Morgan fingerprint density at radius 2 is 1.80 bits per heavy atom. The second kappa shape index (κ2) is 3.88. The number of benzene rings is 1. The van der Waals surface area contributed by atoms with Crippen molar-refractivity contribution >= 4 is 31.1 Å². The van der Waals surface area contributed by atoms with E-state index in [0.717, 1.165) is 16.9 Å². The molecule has 0 bridgehead atoms. The van der Waals surface area contributed by atoms with Crippen LogP contribution in [0.3, 0.4) is 0 Å². The van der Waals surface area contributed by atoms with Crippen LogP contribution in [0.15, 0.2) is 34.7 Å². The van der Waals surface area contributed by atoms with E-state index in [1.807, 2.05) is 30.3 Å². The summed E-state index contributed by atoms with van der Waals surface area (Å²) in [5, 5.41) is 7.81. The van der Waals surface area contributed by atoms with Crippen LogP contribution in [0.25, 0.3) is 10.6 Å². The third-order valence-electron chi connectivity index (χ3n) is 1.64. The fraction of sp³-hybridized carbons (Fsp3) is 0. The van der Waals surface area contributed by atoms with Crippen molar-refractivity contribution in [2.75, 3.05) is 0 Å². The molecule has 0 fully saturated rings. The van der Waals surface area contributed by atoms with Gasteiger partial charge < -0.3 is 0 Å². The van der Waals surface area contributed by atoms with Crippen LogP contribution >= 0.6 is 22.0 Å². The molecule has 2 aromatic rings. The van der Waals surface area contributed by atoms with E-state index in [9.17, 15) is 8.42 Å². The van der Waals surface area contributed by atoms with Crippen LogP contribution in [0.4, 0.5) is 0 Å². The van der Waals surface area contributed by atoms with Crippen LogP contribution in [0.1, 0.15) is 0 Å². The Hall–Kier alpha value is -0.980. The molecule has 0 aliphatic heterocycles. The Morgan fingerprint density at radius 3 is 2.33 bits per heavy atom. The van der Waals surface area contributed by atoms with Gasteiger partial charge in [-0.1, -0.05) is 41.7 Å². The van der Waals surface area contributed by atoms with Gasteiger partial charge in [-0.3, -0.25) is 0 Å². The highest BCUT2D eigenvalue weighted by Gasteiger charge is 2.17. The molecule has 1 aromatic carbocycles. The Morgan fingerprint density at radius 1 is 1.13 bits per heavy atom. The summed E-state index contributed by atoms with van der Waals surface area (Å²) in [6.07, 6.45) is 0. The topological polar surface area (TPSA) is 59.9 Å². The quantitative estimate of drug-likeness (QED) is 0.776. The van der Waals surface area contributed by atoms with Crippen molar-refractivity contribution in [1.29, 1.82) is 0 Å². The van der Waals surface area contributed by atoms with Gasteiger partial charge >= 0.3 is 0 Å². The average Bonchev–Trinajstić information content (AvgIpc) is 2.67. The molecule has 0 atom stereocenters. The van der Waals surface area contributed by atoms with E-state index in [4.69, 9.17) is 10.7 Å². The molecule has 2 rings (SSSR count). The van der Waals surface area contributed by atoms with E-state index < -0.39 is 9.05 Å². The highest BCUT2D eigenvalue weighted by Crippen LogP contribution is 2.27. The second-order valence-electron chi connectivity index (χ2n) is 2.68. The van der Waals surface area contributed by atoms with Gasteiger partial charge in [-0.25, -0.2) is 8.42 Å². The Bertz CT molecular complexity index is 565. The van der Waals surface area contributed by atoms with Crippen LogP contribution in [-0.2, 0) is 9.05 Å². The molecule has 15 heavy (non-hydrogen) atoms. The summed E-state index contributed by atoms with van der Waals surface area (Å²) in [5.74, 6) is 0. The van der Waals surface area contributed by atoms with Gasteiger partial charge in [0, 0.05) is 16.2 Å². The molecule has 0 N–H and O–H groups in total. The number of nitrogens with zero attached hydrogens (tertiary/aromatic N) is 2. The molecule has 0 saturated carbocycles. The largest absolute Gasteiger partial charge is 0.290 e. The zero-order chi connectivity index (χ0) is 10.9. The maximum atomic E-state index is 11.0. The highest BCUT2D eigenvalue weighted by atomic mass is 35.7. The zero-order valence-corrected chi connectivity index (χ0v) is 9.68. The maximum Gasteiger partial charge on any atom is 0.290 e. The van der Waals surface area contributed by atoms with Crippen molar-refractivity contribution in [3.63, 3.8) is 0 Å². The molecule has 7 heteroatoms. The summed E-state index contributed by atoms with van der Waals surface area (Å²) in [6, 6.07) is 9.19. The van der Waals surface area contributed by atoms with Gasteiger partial charge in [0.05, 0.1) is 0 Å². The predicted octanol–water partition coefficient (Wildman–Crippen LogP) is 2.13.